The van der Waals surface area contributed by atoms with E-state index < -0.39 is 5.97 Å². The molecule has 0 aliphatic rings. The molecule has 2 rings (SSSR count). The summed E-state index contributed by atoms with van der Waals surface area (Å²) in [6, 6.07) is 11.5. The fraction of sp³-hybridized carbons (Fsp3) is 0.0588. The SMILES string of the molecule is COc1ccc(Cl)cc1C(=O)Nc1ccc(C=CC(=O)O)cc1. The Balaban J connectivity index is 2.14. The van der Waals surface area contributed by atoms with E-state index in [1.807, 2.05) is 0 Å². The number of carboxylic acid groups (broad SMARTS) is 1. The predicted octanol–water partition coefficient (Wildman–Crippen LogP) is 3.70. The van der Waals surface area contributed by atoms with Gasteiger partial charge in [0.1, 0.15) is 5.75 Å². The van der Waals surface area contributed by atoms with Crippen molar-refractivity contribution in [2.45, 2.75) is 0 Å². The lowest BCUT2D eigenvalue weighted by Gasteiger charge is -2.10. The maximum absolute atomic E-state index is 12.3. The van der Waals surface area contributed by atoms with Crippen LogP contribution in [0.25, 0.3) is 6.08 Å². The Hall–Kier alpha value is -2.79. The quantitative estimate of drug-likeness (QED) is 0.819. The van der Waals surface area contributed by atoms with Crippen LogP contribution in [0.3, 0.4) is 0 Å². The van der Waals surface area contributed by atoms with Crippen LogP contribution < -0.4 is 10.1 Å². The van der Waals surface area contributed by atoms with Crippen LogP contribution in [0.15, 0.2) is 48.5 Å². The summed E-state index contributed by atoms with van der Waals surface area (Å²) in [5, 5.41) is 11.7. The molecule has 1 amide bonds. The average molecular weight is 332 g/mol. The van der Waals surface area contributed by atoms with E-state index in [2.05, 4.69) is 5.32 Å². The molecule has 6 heteroatoms. The topological polar surface area (TPSA) is 75.6 Å². The Morgan fingerprint density at radius 1 is 1.17 bits per heavy atom. The molecule has 0 unspecified atom stereocenters. The number of aliphatic carboxylic acids is 1. The summed E-state index contributed by atoms with van der Waals surface area (Å²) in [6.07, 6.45) is 2.51. The maximum atomic E-state index is 12.3. The standard InChI is InChI=1S/C17H14ClNO4/c1-23-15-8-5-12(18)10-14(15)17(22)19-13-6-2-11(3-7-13)4-9-16(20)21/h2-10H,1H3,(H,19,22)(H,20,21). The molecule has 0 aliphatic heterocycles. The second kappa shape index (κ2) is 7.47. The Labute approximate surface area is 138 Å². The van der Waals surface area contributed by atoms with Crippen LogP contribution >= 0.6 is 11.6 Å². The summed E-state index contributed by atoms with van der Waals surface area (Å²) < 4.78 is 5.15. The third-order valence-corrected chi connectivity index (χ3v) is 3.23. The number of carbonyl (C=O) groups excluding carboxylic acids is 1. The van der Waals surface area contributed by atoms with E-state index >= 15 is 0 Å². The molecular formula is C17H14ClNO4. The van der Waals surface area contributed by atoms with Crippen LogP contribution in [-0.4, -0.2) is 24.1 Å². The smallest absolute Gasteiger partial charge is 0.328 e. The minimum atomic E-state index is -1.02. The molecule has 118 valence electrons. The summed E-state index contributed by atoms with van der Waals surface area (Å²) in [5.74, 6) is -0.943. The van der Waals surface area contributed by atoms with Crippen molar-refractivity contribution in [3.05, 3.63) is 64.7 Å². The monoisotopic (exact) mass is 331 g/mol. The van der Waals surface area contributed by atoms with Gasteiger partial charge in [0.05, 0.1) is 12.7 Å². The molecule has 2 aromatic carbocycles. The number of carbonyl (C=O) groups is 2. The molecule has 0 heterocycles. The summed E-state index contributed by atoms with van der Waals surface area (Å²) in [4.78, 5) is 22.8. The zero-order valence-corrected chi connectivity index (χ0v) is 13.0. The molecule has 2 N–H and O–H groups in total. The van der Waals surface area contributed by atoms with Gasteiger partial charge < -0.3 is 15.2 Å². The lowest BCUT2D eigenvalue weighted by molar-refractivity contribution is -0.131. The van der Waals surface area contributed by atoms with Gasteiger partial charge in [0, 0.05) is 16.8 Å². The van der Waals surface area contributed by atoms with Gasteiger partial charge in [0.2, 0.25) is 0 Å². The number of anilines is 1. The van der Waals surface area contributed by atoms with Gasteiger partial charge in [0.15, 0.2) is 0 Å². The van der Waals surface area contributed by atoms with E-state index in [1.165, 1.54) is 19.3 Å². The number of hydrogen-bond donors (Lipinski definition) is 2. The highest BCUT2D eigenvalue weighted by Crippen LogP contribution is 2.23. The lowest BCUT2D eigenvalue weighted by atomic mass is 10.1. The summed E-state index contributed by atoms with van der Waals surface area (Å²) in [7, 11) is 1.48. The van der Waals surface area contributed by atoms with Gasteiger partial charge in [-0.15, -0.1) is 0 Å². The van der Waals surface area contributed by atoms with Crippen molar-refractivity contribution in [3.63, 3.8) is 0 Å². The normalized spacial score (nSPS) is 10.5. The molecule has 23 heavy (non-hydrogen) atoms. The Morgan fingerprint density at radius 3 is 2.48 bits per heavy atom. The van der Waals surface area contributed by atoms with E-state index in [4.69, 9.17) is 21.4 Å². The van der Waals surface area contributed by atoms with Crippen molar-refractivity contribution in [2.24, 2.45) is 0 Å². The Bertz CT molecular complexity index is 754. The molecule has 0 radical (unpaired) electrons. The molecule has 0 bridgehead atoms. The number of benzene rings is 2. The summed E-state index contributed by atoms with van der Waals surface area (Å²) in [6.45, 7) is 0. The van der Waals surface area contributed by atoms with Crippen molar-refractivity contribution in [1.82, 2.24) is 0 Å². The van der Waals surface area contributed by atoms with E-state index in [1.54, 1.807) is 36.4 Å². The average Bonchev–Trinajstić information content (AvgIpc) is 2.54. The van der Waals surface area contributed by atoms with E-state index in [0.29, 0.717) is 27.6 Å². The van der Waals surface area contributed by atoms with Crippen LogP contribution in [0.2, 0.25) is 5.02 Å². The molecular weight excluding hydrogens is 318 g/mol. The molecule has 0 aliphatic carbocycles. The molecule has 2 aromatic rings. The molecule has 0 fully saturated rings. The number of amides is 1. The first-order valence-corrected chi connectivity index (χ1v) is 7.03. The van der Waals surface area contributed by atoms with Gasteiger partial charge >= 0.3 is 5.97 Å². The summed E-state index contributed by atoms with van der Waals surface area (Å²) >= 11 is 5.91. The first kappa shape index (κ1) is 16.6. The zero-order chi connectivity index (χ0) is 16.8. The number of halogens is 1. The maximum Gasteiger partial charge on any atom is 0.328 e. The van der Waals surface area contributed by atoms with E-state index in [0.717, 1.165) is 6.08 Å². The second-order valence-corrected chi connectivity index (χ2v) is 5.03. The summed E-state index contributed by atoms with van der Waals surface area (Å²) in [5.41, 5.74) is 1.62. The van der Waals surface area contributed by atoms with Crippen LogP contribution in [-0.2, 0) is 4.79 Å². The van der Waals surface area contributed by atoms with Crippen molar-refractivity contribution >= 4 is 35.2 Å². The molecule has 0 saturated carbocycles. The first-order valence-electron chi connectivity index (χ1n) is 6.65. The largest absolute Gasteiger partial charge is 0.496 e. The minimum absolute atomic E-state index is 0.329. The second-order valence-electron chi connectivity index (χ2n) is 4.59. The van der Waals surface area contributed by atoms with E-state index in [-0.39, 0.29) is 5.91 Å². The first-order chi connectivity index (χ1) is 11.0. The Morgan fingerprint density at radius 2 is 1.87 bits per heavy atom. The minimum Gasteiger partial charge on any atom is -0.496 e. The zero-order valence-electron chi connectivity index (χ0n) is 12.2. The van der Waals surface area contributed by atoms with Gasteiger partial charge in [-0.2, -0.15) is 0 Å². The van der Waals surface area contributed by atoms with Crippen molar-refractivity contribution < 1.29 is 19.4 Å². The number of carboxylic acids is 1. The van der Waals surface area contributed by atoms with Gasteiger partial charge in [-0.1, -0.05) is 23.7 Å². The van der Waals surface area contributed by atoms with Gasteiger partial charge in [0.25, 0.3) is 5.91 Å². The third-order valence-electron chi connectivity index (χ3n) is 2.99. The highest BCUT2D eigenvalue weighted by Gasteiger charge is 2.13. The highest BCUT2D eigenvalue weighted by molar-refractivity contribution is 6.31. The number of hydrogen-bond acceptors (Lipinski definition) is 3. The van der Waals surface area contributed by atoms with Crippen molar-refractivity contribution in [2.75, 3.05) is 12.4 Å². The molecule has 0 aromatic heterocycles. The number of ether oxygens (including phenoxy) is 1. The number of nitrogens with one attached hydrogen (secondary N) is 1. The number of rotatable bonds is 5. The van der Waals surface area contributed by atoms with Crippen molar-refractivity contribution in [1.29, 1.82) is 0 Å². The van der Waals surface area contributed by atoms with Crippen LogP contribution in [0.4, 0.5) is 5.69 Å². The van der Waals surface area contributed by atoms with Gasteiger partial charge in [-0.05, 0) is 42.0 Å². The van der Waals surface area contributed by atoms with Gasteiger partial charge in [-0.3, -0.25) is 4.79 Å². The molecule has 0 spiro atoms. The van der Waals surface area contributed by atoms with Crippen LogP contribution in [0.1, 0.15) is 15.9 Å². The molecule has 0 atom stereocenters. The van der Waals surface area contributed by atoms with Crippen LogP contribution in [0.5, 0.6) is 5.75 Å². The number of methoxy groups -OCH3 is 1. The third kappa shape index (κ3) is 4.59. The van der Waals surface area contributed by atoms with E-state index in [9.17, 15) is 9.59 Å². The predicted molar refractivity (Wildman–Crippen MR) is 89.1 cm³/mol. The van der Waals surface area contributed by atoms with Gasteiger partial charge in [-0.25, -0.2) is 4.79 Å². The fourth-order valence-electron chi connectivity index (χ4n) is 1.90. The molecule has 0 saturated heterocycles. The lowest BCUT2D eigenvalue weighted by Crippen LogP contribution is -2.13. The van der Waals surface area contributed by atoms with Crippen LogP contribution in [0, 0.1) is 0 Å². The highest BCUT2D eigenvalue weighted by atomic mass is 35.5. The Kier molecular flexibility index (Phi) is 5.38. The molecule has 5 nitrogen and oxygen atoms in total. The fourth-order valence-corrected chi connectivity index (χ4v) is 2.07. The van der Waals surface area contributed by atoms with Crippen molar-refractivity contribution in [3.8, 4) is 5.75 Å².